The summed E-state index contributed by atoms with van der Waals surface area (Å²) in [6, 6.07) is 6.02. The lowest BCUT2D eigenvalue weighted by Crippen LogP contribution is -2.85. The Morgan fingerprint density at radius 3 is 2.42 bits per heavy atom. The van der Waals surface area contributed by atoms with E-state index in [1.54, 1.807) is 12.1 Å². The molecule has 194 valence electrons. The van der Waals surface area contributed by atoms with Gasteiger partial charge in [-0.15, -0.1) is 0 Å². The monoisotopic (exact) mass is 516 g/mol. The molecule has 6 fully saturated rings. The van der Waals surface area contributed by atoms with Crippen LogP contribution in [0.1, 0.15) is 45.1 Å². The van der Waals surface area contributed by atoms with Crippen LogP contribution in [0.5, 0.6) is 0 Å². The van der Waals surface area contributed by atoms with E-state index in [1.807, 2.05) is 20.8 Å². The van der Waals surface area contributed by atoms with E-state index in [0.29, 0.717) is 19.3 Å². The Labute approximate surface area is 210 Å². The van der Waals surface area contributed by atoms with E-state index in [9.17, 15) is 28.2 Å². The van der Waals surface area contributed by atoms with E-state index < -0.39 is 67.9 Å². The molecule has 36 heavy (non-hydrogen) atoms. The fraction of sp³-hybridized carbons (Fsp3) is 0.630. The molecule has 0 amide bonds. The fourth-order valence-corrected chi connectivity index (χ4v) is 9.83. The quantitative estimate of drug-likeness (QED) is 0.463. The number of Topliss-reactive ketones (excluding diaryl/α,β-unsaturated/α-hetero) is 2. The largest absolute Gasteiger partial charge is 0.391 e. The molecule has 2 unspecified atom stereocenters. The van der Waals surface area contributed by atoms with Gasteiger partial charge in [-0.1, -0.05) is 38.1 Å². The number of carbonyl (C=O) groups excluding carboxylic acids is 2. The van der Waals surface area contributed by atoms with E-state index in [4.69, 9.17) is 8.92 Å². The van der Waals surface area contributed by atoms with Crippen LogP contribution in [-0.4, -0.2) is 54.8 Å². The van der Waals surface area contributed by atoms with E-state index >= 15 is 0 Å². The van der Waals surface area contributed by atoms with Gasteiger partial charge in [0.25, 0.3) is 10.1 Å². The van der Waals surface area contributed by atoms with Crippen molar-refractivity contribution in [2.24, 2.45) is 34.0 Å². The molecule has 4 aliphatic carbocycles. The number of hydrogen-bond donors (Lipinski definition) is 2. The molecular formula is C27H32O8S. The predicted octanol–water partition coefficient (Wildman–Crippen LogP) is 2.31. The fourth-order valence-electron chi connectivity index (χ4n) is 8.66. The van der Waals surface area contributed by atoms with E-state index in [-0.39, 0.29) is 29.3 Å². The lowest BCUT2D eigenvalue weighted by atomic mass is 9.36. The Morgan fingerprint density at radius 2 is 1.75 bits per heavy atom. The standard InChI is InChI=1S/C27H32O8S/c1-14-5-7-16(8-6-14)36(32,33)35-27-23(31)20-24(3,4)12-11-19(28)25(20,13-34-27)18-10-9-17-15(2)21(29)26(18,27)22(17)30/h5-8,17-18,20,22-23,30-31H,2,9-13H2,1,3-4H3/t17-,18?,20+,22+,23-,25+,26?,27+/m0/s1. The van der Waals surface area contributed by atoms with Crippen molar-refractivity contribution in [2.75, 3.05) is 6.61 Å². The van der Waals surface area contributed by atoms with Crippen molar-refractivity contribution in [2.45, 2.75) is 69.3 Å². The van der Waals surface area contributed by atoms with Crippen LogP contribution in [0, 0.1) is 40.9 Å². The molecule has 8 nitrogen and oxygen atoms in total. The predicted molar refractivity (Wildman–Crippen MR) is 127 cm³/mol. The molecule has 6 aliphatic rings. The van der Waals surface area contributed by atoms with E-state index in [2.05, 4.69) is 6.58 Å². The SMILES string of the molecule is C=C1C(=O)C23C(CC[C@@H]1[C@H]2O)[C@@]12CO[C@@]3(OS(=O)(=O)c3ccc(C)cc3)[C@@H](O)[C@@H]1C(C)(C)CCC2=O. The lowest BCUT2D eigenvalue weighted by molar-refractivity contribution is -0.426. The molecule has 2 heterocycles. The minimum Gasteiger partial charge on any atom is -0.391 e. The van der Waals surface area contributed by atoms with Gasteiger partial charge >= 0.3 is 0 Å². The van der Waals surface area contributed by atoms with Gasteiger partial charge in [-0.3, -0.25) is 9.59 Å². The van der Waals surface area contributed by atoms with Gasteiger partial charge in [-0.05, 0) is 55.2 Å². The second-order valence-electron chi connectivity index (χ2n) is 12.1. The second-order valence-corrected chi connectivity index (χ2v) is 13.6. The van der Waals surface area contributed by atoms with Crippen LogP contribution in [0.4, 0.5) is 0 Å². The molecule has 0 aromatic heterocycles. The highest BCUT2D eigenvalue weighted by Gasteiger charge is 2.88. The minimum atomic E-state index is -4.55. The zero-order valence-corrected chi connectivity index (χ0v) is 21.5. The Bertz CT molecular complexity index is 1300. The molecular weight excluding hydrogens is 484 g/mol. The smallest absolute Gasteiger partial charge is 0.299 e. The highest BCUT2D eigenvalue weighted by atomic mass is 32.2. The van der Waals surface area contributed by atoms with Gasteiger partial charge in [0.2, 0.25) is 5.79 Å². The number of aliphatic hydroxyl groups excluding tert-OH is 2. The van der Waals surface area contributed by atoms with Crippen molar-refractivity contribution in [1.82, 2.24) is 0 Å². The summed E-state index contributed by atoms with van der Waals surface area (Å²) < 4.78 is 39.4. The van der Waals surface area contributed by atoms with Gasteiger partial charge < -0.3 is 14.9 Å². The summed E-state index contributed by atoms with van der Waals surface area (Å²) in [6.07, 6.45) is -1.44. The minimum absolute atomic E-state index is 0.110. The number of benzene rings is 1. The summed E-state index contributed by atoms with van der Waals surface area (Å²) in [5, 5.41) is 23.8. The number of ether oxygens (including phenoxy) is 1. The molecule has 4 bridgehead atoms. The number of fused-ring (bicyclic) bond motifs is 2. The summed E-state index contributed by atoms with van der Waals surface area (Å²) in [4.78, 5) is 27.6. The average Bonchev–Trinajstić information content (AvgIpc) is 2.91. The zero-order chi connectivity index (χ0) is 26.1. The van der Waals surface area contributed by atoms with Crippen LogP contribution in [-0.2, 0) is 28.6 Å². The topological polar surface area (TPSA) is 127 Å². The number of aryl methyl sites for hydroxylation is 1. The summed E-state index contributed by atoms with van der Waals surface area (Å²) in [5.41, 5.74) is -2.74. The first kappa shape index (κ1) is 24.4. The molecule has 1 aromatic carbocycles. The molecule has 2 spiro atoms. The number of hydrogen-bond acceptors (Lipinski definition) is 8. The van der Waals surface area contributed by atoms with Gasteiger partial charge in [0, 0.05) is 18.3 Å². The highest BCUT2D eigenvalue weighted by Crippen LogP contribution is 2.76. The van der Waals surface area contributed by atoms with Crippen molar-refractivity contribution in [3.05, 3.63) is 42.0 Å². The number of ketones is 2. The molecule has 2 N–H and O–H groups in total. The van der Waals surface area contributed by atoms with Gasteiger partial charge in [0.15, 0.2) is 5.78 Å². The van der Waals surface area contributed by atoms with Crippen molar-refractivity contribution in [3.63, 3.8) is 0 Å². The Hall–Kier alpha value is -1.91. The molecule has 9 heteroatoms. The summed E-state index contributed by atoms with van der Waals surface area (Å²) >= 11 is 0. The van der Waals surface area contributed by atoms with Crippen molar-refractivity contribution < 1.29 is 37.1 Å². The number of aliphatic hydroxyl groups is 2. The third kappa shape index (κ3) is 2.51. The molecule has 0 radical (unpaired) electrons. The third-order valence-electron chi connectivity index (χ3n) is 10.2. The van der Waals surface area contributed by atoms with Gasteiger partial charge in [-0.25, -0.2) is 4.18 Å². The Morgan fingerprint density at radius 1 is 1.08 bits per heavy atom. The van der Waals surface area contributed by atoms with Crippen molar-refractivity contribution >= 4 is 21.7 Å². The maximum Gasteiger partial charge on any atom is 0.299 e. The normalized spacial score (nSPS) is 44.9. The van der Waals surface area contributed by atoms with Crippen molar-refractivity contribution in [1.29, 1.82) is 0 Å². The highest BCUT2D eigenvalue weighted by molar-refractivity contribution is 7.86. The summed E-state index contributed by atoms with van der Waals surface area (Å²) in [7, 11) is -4.55. The zero-order valence-electron chi connectivity index (χ0n) is 20.7. The first-order valence-electron chi connectivity index (χ1n) is 12.6. The van der Waals surface area contributed by atoms with Crippen LogP contribution in [0.25, 0.3) is 0 Å². The summed E-state index contributed by atoms with van der Waals surface area (Å²) in [6.45, 7) is 9.46. The molecule has 4 saturated carbocycles. The van der Waals surface area contributed by atoms with Crippen molar-refractivity contribution in [3.8, 4) is 0 Å². The van der Waals surface area contributed by atoms with Gasteiger partial charge in [0.05, 0.1) is 23.0 Å². The molecule has 8 atom stereocenters. The number of rotatable bonds is 3. The Kier molecular flexibility index (Phi) is 4.84. The molecule has 2 saturated heterocycles. The van der Waals surface area contributed by atoms with E-state index in [1.165, 1.54) is 12.1 Å². The van der Waals surface area contributed by atoms with Crippen LogP contribution in [0.3, 0.4) is 0 Å². The average molecular weight is 517 g/mol. The maximum atomic E-state index is 14.1. The van der Waals surface area contributed by atoms with Crippen LogP contribution >= 0.6 is 0 Å². The number of carbonyl (C=O) groups is 2. The first-order valence-corrected chi connectivity index (χ1v) is 14.0. The molecule has 1 aromatic rings. The van der Waals surface area contributed by atoms with Crippen LogP contribution in [0.2, 0.25) is 0 Å². The van der Waals surface area contributed by atoms with E-state index in [0.717, 1.165) is 5.56 Å². The lowest BCUT2D eigenvalue weighted by Gasteiger charge is -2.73. The first-order chi connectivity index (χ1) is 16.8. The third-order valence-corrected chi connectivity index (χ3v) is 11.5. The van der Waals surface area contributed by atoms with Crippen LogP contribution < -0.4 is 0 Å². The molecule has 2 aliphatic heterocycles. The van der Waals surface area contributed by atoms with Crippen LogP contribution in [0.15, 0.2) is 41.3 Å². The Balaban J connectivity index is 1.62. The van der Waals surface area contributed by atoms with Gasteiger partial charge in [0.1, 0.15) is 17.3 Å². The molecule has 7 rings (SSSR count). The summed E-state index contributed by atoms with van der Waals surface area (Å²) in [5.74, 6) is -5.15. The second kappa shape index (κ2) is 7.14. The maximum absolute atomic E-state index is 14.1. The van der Waals surface area contributed by atoms with Gasteiger partial charge in [-0.2, -0.15) is 8.42 Å².